The standard InChI is InChI=1S/C13H13N5O3S/c19-12-6-11(17-13-14-9-15-18(12)13)8-22(20,21)16-7-10-4-2-1-3-5-10/h1-6,9,16,19H,7-8H2. The van der Waals surface area contributed by atoms with Crippen molar-refractivity contribution in [2.45, 2.75) is 12.3 Å². The first-order valence-electron chi connectivity index (χ1n) is 6.43. The van der Waals surface area contributed by atoms with E-state index in [1.165, 1.54) is 12.4 Å². The van der Waals surface area contributed by atoms with Crippen molar-refractivity contribution in [3.8, 4) is 5.88 Å². The number of aromatic nitrogens is 4. The summed E-state index contributed by atoms with van der Waals surface area (Å²) in [5.41, 5.74) is 1.05. The van der Waals surface area contributed by atoms with Gasteiger partial charge in [-0.1, -0.05) is 30.3 Å². The van der Waals surface area contributed by atoms with Crippen LogP contribution in [-0.2, 0) is 22.3 Å². The highest BCUT2D eigenvalue weighted by Gasteiger charge is 2.15. The van der Waals surface area contributed by atoms with Crippen LogP contribution in [-0.4, -0.2) is 33.1 Å². The minimum Gasteiger partial charge on any atom is -0.493 e. The Morgan fingerprint density at radius 2 is 2.00 bits per heavy atom. The van der Waals surface area contributed by atoms with Gasteiger partial charge in [0.05, 0.1) is 5.69 Å². The van der Waals surface area contributed by atoms with E-state index in [2.05, 4.69) is 19.8 Å². The second kappa shape index (κ2) is 5.70. The van der Waals surface area contributed by atoms with Crippen molar-refractivity contribution in [3.63, 3.8) is 0 Å². The first-order chi connectivity index (χ1) is 10.5. The van der Waals surface area contributed by atoms with Crippen molar-refractivity contribution in [1.82, 2.24) is 24.3 Å². The van der Waals surface area contributed by atoms with Gasteiger partial charge in [-0.25, -0.2) is 18.1 Å². The Hall–Kier alpha value is -2.52. The molecule has 3 aromatic rings. The van der Waals surface area contributed by atoms with Crippen LogP contribution in [0.3, 0.4) is 0 Å². The van der Waals surface area contributed by atoms with E-state index in [-0.39, 0.29) is 29.6 Å². The zero-order valence-electron chi connectivity index (χ0n) is 11.4. The van der Waals surface area contributed by atoms with Gasteiger partial charge in [0.2, 0.25) is 15.9 Å². The molecule has 0 aliphatic heterocycles. The number of sulfonamides is 1. The van der Waals surface area contributed by atoms with Crippen LogP contribution in [0.15, 0.2) is 42.7 Å². The van der Waals surface area contributed by atoms with Crippen LogP contribution < -0.4 is 4.72 Å². The molecule has 0 unspecified atom stereocenters. The van der Waals surface area contributed by atoms with Crippen molar-refractivity contribution >= 4 is 15.8 Å². The first-order valence-corrected chi connectivity index (χ1v) is 8.09. The van der Waals surface area contributed by atoms with Gasteiger partial charge in [0.1, 0.15) is 12.1 Å². The first kappa shape index (κ1) is 14.4. The molecule has 0 saturated carbocycles. The Bertz CT molecular complexity index is 892. The van der Waals surface area contributed by atoms with Gasteiger partial charge >= 0.3 is 0 Å². The molecular weight excluding hydrogens is 306 g/mol. The zero-order chi connectivity index (χ0) is 15.6. The lowest BCUT2D eigenvalue weighted by Crippen LogP contribution is -2.25. The second-order valence-corrected chi connectivity index (χ2v) is 6.45. The molecule has 9 heteroatoms. The fourth-order valence-electron chi connectivity index (χ4n) is 1.95. The van der Waals surface area contributed by atoms with E-state index >= 15 is 0 Å². The summed E-state index contributed by atoms with van der Waals surface area (Å²) < 4.78 is 27.8. The summed E-state index contributed by atoms with van der Waals surface area (Å²) in [4.78, 5) is 7.88. The van der Waals surface area contributed by atoms with Crippen molar-refractivity contribution in [1.29, 1.82) is 0 Å². The summed E-state index contributed by atoms with van der Waals surface area (Å²) in [5, 5.41) is 13.5. The number of aromatic hydroxyl groups is 1. The van der Waals surface area contributed by atoms with E-state index < -0.39 is 10.0 Å². The number of hydrogen-bond donors (Lipinski definition) is 2. The molecule has 0 bridgehead atoms. The van der Waals surface area contributed by atoms with E-state index in [9.17, 15) is 13.5 Å². The maximum atomic E-state index is 12.1. The maximum absolute atomic E-state index is 12.1. The summed E-state index contributed by atoms with van der Waals surface area (Å²) in [6.45, 7) is 0.197. The van der Waals surface area contributed by atoms with Gasteiger partial charge in [0.25, 0.3) is 5.78 Å². The molecule has 0 aliphatic carbocycles. The molecule has 0 atom stereocenters. The summed E-state index contributed by atoms with van der Waals surface area (Å²) in [6, 6.07) is 10.4. The van der Waals surface area contributed by atoms with Gasteiger partial charge in [-0.3, -0.25) is 0 Å². The van der Waals surface area contributed by atoms with Crippen LogP contribution in [0.4, 0.5) is 0 Å². The van der Waals surface area contributed by atoms with Gasteiger partial charge in [-0.2, -0.15) is 14.6 Å². The lowest BCUT2D eigenvalue weighted by molar-refractivity contribution is 0.434. The third-order valence-electron chi connectivity index (χ3n) is 2.96. The van der Waals surface area contributed by atoms with E-state index in [4.69, 9.17) is 0 Å². The van der Waals surface area contributed by atoms with Crippen molar-refractivity contribution in [2.24, 2.45) is 0 Å². The molecule has 2 aromatic heterocycles. The Balaban J connectivity index is 1.75. The quantitative estimate of drug-likeness (QED) is 0.706. The van der Waals surface area contributed by atoms with Crippen LogP contribution >= 0.6 is 0 Å². The van der Waals surface area contributed by atoms with E-state index in [0.717, 1.165) is 10.1 Å². The Labute approximate surface area is 126 Å². The van der Waals surface area contributed by atoms with E-state index in [0.29, 0.717) is 0 Å². The third kappa shape index (κ3) is 3.21. The number of fused-ring (bicyclic) bond motifs is 1. The minimum absolute atomic E-state index is 0.147. The predicted octanol–water partition coefficient (Wildman–Crippen LogP) is 0.449. The molecule has 8 nitrogen and oxygen atoms in total. The normalized spacial score (nSPS) is 11.8. The Kier molecular flexibility index (Phi) is 3.73. The van der Waals surface area contributed by atoms with Crippen LogP contribution in [0, 0.1) is 0 Å². The Morgan fingerprint density at radius 3 is 2.77 bits per heavy atom. The van der Waals surface area contributed by atoms with Gasteiger partial charge in [0, 0.05) is 12.6 Å². The largest absolute Gasteiger partial charge is 0.493 e. The highest BCUT2D eigenvalue weighted by Crippen LogP contribution is 2.13. The average molecular weight is 319 g/mol. The Morgan fingerprint density at radius 1 is 1.23 bits per heavy atom. The molecule has 2 heterocycles. The number of benzene rings is 1. The highest BCUT2D eigenvalue weighted by molar-refractivity contribution is 7.88. The molecule has 0 amide bonds. The molecule has 114 valence electrons. The van der Waals surface area contributed by atoms with Crippen molar-refractivity contribution in [2.75, 3.05) is 0 Å². The molecule has 0 aliphatic rings. The molecular formula is C13H13N5O3S. The van der Waals surface area contributed by atoms with Crippen LogP contribution in [0.25, 0.3) is 5.78 Å². The lowest BCUT2D eigenvalue weighted by atomic mass is 10.2. The van der Waals surface area contributed by atoms with Gasteiger partial charge in [-0.15, -0.1) is 0 Å². The van der Waals surface area contributed by atoms with Gasteiger partial charge in [-0.05, 0) is 5.56 Å². The molecule has 0 saturated heterocycles. The molecule has 1 aromatic carbocycles. The third-order valence-corrected chi connectivity index (χ3v) is 4.22. The monoisotopic (exact) mass is 319 g/mol. The zero-order valence-corrected chi connectivity index (χ0v) is 12.2. The van der Waals surface area contributed by atoms with Crippen LogP contribution in [0.5, 0.6) is 5.88 Å². The van der Waals surface area contributed by atoms with Crippen molar-refractivity contribution in [3.05, 3.63) is 54.0 Å². The molecule has 0 spiro atoms. The molecule has 0 radical (unpaired) electrons. The number of rotatable bonds is 5. The number of nitrogens with one attached hydrogen (secondary N) is 1. The number of hydrogen-bond acceptors (Lipinski definition) is 6. The van der Waals surface area contributed by atoms with Crippen LogP contribution in [0.2, 0.25) is 0 Å². The smallest absolute Gasteiger partial charge is 0.255 e. The molecule has 22 heavy (non-hydrogen) atoms. The van der Waals surface area contributed by atoms with Crippen LogP contribution in [0.1, 0.15) is 11.3 Å². The summed E-state index contributed by atoms with van der Waals surface area (Å²) >= 11 is 0. The second-order valence-electron chi connectivity index (χ2n) is 4.64. The highest BCUT2D eigenvalue weighted by atomic mass is 32.2. The van der Waals surface area contributed by atoms with E-state index in [1.807, 2.05) is 30.3 Å². The number of nitrogens with zero attached hydrogens (tertiary/aromatic N) is 4. The summed E-state index contributed by atoms with van der Waals surface area (Å²) in [5.74, 6) is -0.416. The fraction of sp³-hybridized carbons (Fsp3) is 0.154. The summed E-state index contributed by atoms with van der Waals surface area (Å²) in [7, 11) is -3.58. The summed E-state index contributed by atoms with van der Waals surface area (Å²) in [6.07, 6.45) is 1.23. The predicted molar refractivity (Wildman–Crippen MR) is 78.4 cm³/mol. The average Bonchev–Trinajstić information content (AvgIpc) is 2.95. The molecule has 3 rings (SSSR count). The SMILES string of the molecule is O=S(=O)(Cc1cc(O)n2ncnc2n1)NCc1ccccc1. The maximum Gasteiger partial charge on any atom is 0.255 e. The van der Waals surface area contributed by atoms with E-state index in [1.54, 1.807) is 0 Å². The minimum atomic E-state index is -3.58. The fourth-order valence-corrected chi connectivity index (χ4v) is 2.98. The van der Waals surface area contributed by atoms with Gasteiger partial charge < -0.3 is 5.11 Å². The topological polar surface area (TPSA) is 109 Å². The van der Waals surface area contributed by atoms with Crippen molar-refractivity contribution < 1.29 is 13.5 Å². The molecule has 2 N–H and O–H groups in total. The lowest BCUT2D eigenvalue weighted by Gasteiger charge is -2.07. The van der Waals surface area contributed by atoms with Gasteiger partial charge in [0.15, 0.2) is 0 Å². The molecule has 0 fully saturated rings.